The third-order valence-electron chi connectivity index (χ3n) is 4.52. The van der Waals surface area contributed by atoms with Crippen LogP contribution in [0.25, 0.3) is 0 Å². The van der Waals surface area contributed by atoms with E-state index in [0.29, 0.717) is 24.9 Å². The molecule has 4 heteroatoms. The SMILES string of the molecule is CC(C)COC(=O)CC1CCC(N2CCNCC2)CC1. The Balaban J connectivity index is 1.64. The lowest BCUT2D eigenvalue weighted by atomic mass is 9.83. The summed E-state index contributed by atoms with van der Waals surface area (Å²) in [6, 6.07) is 0.750. The van der Waals surface area contributed by atoms with Gasteiger partial charge in [-0.05, 0) is 37.5 Å². The Bertz CT molecular complexity index is 293. The van der Waals surface area contributed by atoms with Gasteiger partial charge in [-0.1, -0.05) is 13.8 Å². The van der Waals surface area contributed by atoms with E-state index in [4.69, 9.17) is 4.74 Å². The summed E-state index contributed by atoms with van der Waals surface area (Å²) in [6.45, 7) is 9.34. The molecule has 4 nitrogen and oxygen atoms in total. The van der Waals surface area contributed by atoms with Crippen LogP contribution in [0.1, 0.15) is 46.0 Å². The Morgan fingerprint density at radius 2 is 1.85 bits per heavy atom. The molecule has 0 aromatic carbocycles. The van der Waals surface area contributed by atoms with Gasteiger partial charge in [-0.2, -0.15) is 0 Å². The Hall–Kier alpha value is -0.610. The van der Waals surface area contributed by atoms with Gasteiger partial charge in [0.2, 0.25) is 0 Å². The first-order valence-electron chi connectivity index (χ1n) is 8.25. The van der Waals surface area contributed by atoms with Gasteiger partial charge in [0, 0.05) is 38.6 Å². The molecule has 116 valence electrons. The minimum Gasteiger partial charge on any atom is -0.465 e. The van der Waals surface area contributed by atoms with Crippen LogP contribution in [0.15, 0.2) is 0 Å². The summed E-state index contributed by atoms with van der Waals surface area (Å²) in [4.78, 5) is 14.4. The van der Waals surface area contributed by atoms with Crippen LogP contribution < -0.4 is 5.32 Å². The normalized spacial score (nSPS) is 28.6. The highest BCUT2D eigenvalue weighted by Crippen LogP contribution is 2.30. The summed E-state index contributed by atoms with van der Waals surface area (Å²) < 4.78 is 5.29. The van der Waals surface area contributed by atoms with Gasteiger partial charge in [-0.15, -0.1) is 0 Å². The second-order valence-electron chi connectivity index (χ2n) is 6.74. The molecule has 1 N–H and O–H groups in total. The quantitative estimate of drug-likeness (QED) is 0.784. The van der Waals surface area contributed by atoms with E-state index in [2.05, 4.69) is 24.1 Å². The molecule has 0 radical (unpaired) electrons. The fraction of sp³-hybridized carbons (Fsp3) is 0.938. The second-order valence-corrected chi connectivity index (χ2v) is 6.74. The molecule has 0 aromatic rings. The molecule has 0 atom stereocenters. The summed E-state index contributed by atoms with van der Waals surface area (Å²) in [6.07, 6.45) is 5.50. The van der Waals surface area contributed by atoms with Gasteiger partial charge in [0.05, 0.1) is 6.61 Å². The van der Waals surface area contributed by atoms with E-state index in [1.807, 2.05) is 0 Å². The van der Waals surface area contributed by atoms with E-state index < -0.39 is 0 Å². The van der Waals surface area contributed by atoms with Gasteiger partial charge in [0.15, 0.2) is 0 Å². The molecule has 20 heavy (non-hydrogen) atoms. The second kappa shape index (κ2) is 7.99. The average Bonchev–Trinajstić information content (AvgIpc) is 2.47. The number of hydrogen-bond donors (Lipinski definition) is 1. The van der Waals surface area contributed by atoms with Crippen LogP contribution in [0.2, 0.25) is 0 Å². The van der Waals surface area contributed by atoms with Crippen molar-refractivity contribution in [1.82, 2.24) is 10.2 Å². The van der Waals surface area contributed by atoms with Crippen molar-refractivity contribution in [2.45, 2.75) is 52.0 Å². The fourth-order valence-corrected chi connectivity index (χ4v) is 3.32. The molecule has 2 rings (SSSR count). The summed E-state index contributed by atoms with van der Waals surface area (Å²) in [5, 5.41) is 3.41. The number of nitrogens with one attached hydrogen (secondary N) is 1. The van der Waals surface area contributed by atoms with Gasteiger partial charge < -0.3 is 10.1 Å². The monoisotopic (exact) mass is 282 g/mol. The molecule has 0 aromatic heterocycles. The molecule has 1 aliphatic carbocycles. The molecule has 1 saturated carbocycles. The van der Waals surface area contributed by atoms with Crippen LogP contribution in [0, 0.1) is 11.8 Å². The summed E-state index contributed by atoms with van der Waals surface area (Å²) in [7, 11) is 0. The Kier molecular flexibility index (Phi) is 6.30. The van der Waals surface area contributed by atoms with Crippen molar-refractivity contribution < 1.29 is 9.53 Å². The van der Waals surface area contributed by atoms with E-state index in [0.717, 1.165) is 19.1 Å². The Morgan fingerprint density at radius 3 is 2.45 bits per heavy atom. The first-order chi connectivity index (χ1) is 9.65. The van der Waals surface area contributed by atoms with E-state index >= 15 is 0 Å². The molecule has 1 heterocycles. The van der Waals surface area contributed by atoms with Gasteiger partial charge >= 0.3 is 5.97 Å². The minimum absolute atomic E-state index is 0.00400. The van der Waals surface area contributed by atoms with E-state index in [9.17, 15) is 4.79 Å². The molecule has 1 aliphatic heterocycles. The van der Waals surface area contributed by atoms with E-state index in [1.165, 1.54) is 38.8 Å². The number of nitrogens with zero attached hydrogens (tertiary/aromatic N) is 1. The Morgan fingerprint density at radius 1 is 1.20 bits per heavy atom. The number of carbonyl (C=O) groups excluding carboxylic acids is 1. The maximum Gasteiger partial charge on any atom is 0.306 e. The summed E-state index contributed by atoms with van der Waals surface area (Å²) in [5.74, 6) is 0.987. The number of hydrogen-bond acceptors (Lipinski definition) is 4. The molecular formula is C16H30N2O2. The zero-order chi connectivity index (χ0) is 14.4. The van der Waals surface area contributed by atoms with Crippen LogP contribution in [-0.2, 0) is 9.53 Å². The van der Waals surface area contributed by atoms with E-state index in [1.54, 1.807) is 0 Å². The smallest absolute Gasteiger partial charge is 0.306 e. The standard InChI is InChI=1S/C16H30N2O2/c1-13(2)12-20-16(19)11-14-3-5-15(6-4-14)18-9-7-17-8-10-18/h13-15,17H,3-12H2,1-2H3. The molecule has 0 unspecified atom stereocenters. The van der Waals surface area contributed by atoms with Crippen LogP contribution in [0.5, 0.6) is 0 Å². The lowest BCUT2D eigenvalue weighted by Gasteiger charge is -2.39. The number of rotatable bonds is 5. The zero-order valence-corrected chi connectivity index (χ0v) is 13.1. The highest BCUT2D eigenvalue weighted by Gasteiger charge is 2.27. The third kappa shape index (κ3) is 5.06. The number of esters is 1. The van der Waals surface area contributed by atoms with E-state index in [-0.39, 0.29) is 5.97 Å². The highest BCUT2D eigenvalue weighted by atomic mass is 16.5. The molecule has 0 amide bonds. The summed E-state index contributed by atoms with van der Waals surface area (Å²) in [5.41, 5.74) is 0. The molecule has 0 bridgehead atoms. The van der Waals surface area contributed by atoms with Crippen molar-refractivity contribution in [2.75, 3.05) is 32.8 Å². The number of piperazine rings is 1. The molecular weight excluding hydrogens is 252 g/mol. The topological polar surface area (TPSA) is 41.6 Å². The molecule has 0 spiro atoms. The lowest BCUT2D eigenvalue weighted by molar-refractivity contribution is -0.146. The minimum atomic E-state index is 0.00400. The third-order valence-corrected chi connectivity index (χ3v) is 4.52. The Labute approximate surface area is 123 Å². The number of ether oxygens (including phenoxy) is 1. The average molecular weight is 282 g/mol. The van der Waals surface area contributed by atoms with Gasteiger partial charge in [-0.25, -0.2) is 0 Å². The van der Waals surface area contributed by atoms with Gasteiger partial charge in [-0.3, -0.25) is 9.69 Å². The van der Waals surface area contributed by atoms with Crippen LogP contribution >= 0.6 is 0 Å². The maximum absolute atomic E-state index is 11.8. The predicted molar refractivity (Wildman–Crippen MR) is 80.6 cm³/mol. The van der Waals surface area contributed by atoms with Crippen LogP contribution in [0.3, 0.4) is 0 Å². The maximum atomic E-state index is 11.8. The number of carbonyl (C=O) groups is 1. The van der Waals surface area contributed by atoms with Crippen molar-refractivity contribution >= 4 is 5.97 Å². The van der Waals surface area contributed by atoms with Crippen molar-refractivity contribution in [3.63, 3.8) is 0 Å². The lowest BCUT2D eigenvalue weighted by Crippen LogP contribution is -2.49. The molecule has 2 aliphatic rings. The predicted octanol–water partition coefficient (Wildman–Crippen LogP) is 2.04. The fourth-order valence-electron chi connectivity index (χ4n) is 3.32. The van der Waals surface area contributed by atoms with Crippen LogP contribution in [-0.4, -0.2) is 49.7 Å². The first kappa shape index (κ1) is 15.8. The summed E-state index contributed by atoms with van der Waals surface area (Å²) >= 11 is 0. The highest BCUT2D eigenvalue weighted by molar-refractivity contribution is 5.69. The largest absolute Gasteiger partial charge is 0.465 e. The zero-order valence-electron chi connectivity index (χ0n) is 13.1. The van der Waals surface area contributed by atoms with Crippen molar-refractivity contribution in [1.29, 1.82) is 0 Å². The first-order valence-corrected chi connectivity index (χ1v) is 8.25. The van der Waals surface area contributed by atoms with Gasteiger partial charge in [0.1, 0.15) is 0 Å². The van der Waals surface area contributed by atoms with Crippen LogP contribution in [0.4, 0.5) is 0 Å². The van der Waals surface area contributed by atoms with Crippen molar-refractivity contribution in [3.8, 4) is 0 Å². The van der Waals surface area contributed by atoms with Gasteiger partial charge in [0.25, 0.3) is 0 Å². The van der Waals surface area contributed by atoms with Crippen molar-refractivity contribution in [2.24, 2.45) is 11.8 Å². The van der Waals surface area contributed by atoms with Crippen molar-refractivity contribution in [3.05, 3.63) is 0 Å². The molecule has 1 saturated heterocycles. The molecule has 2 fully saturated rings.